The van der Waals surface area contributed by atoms with Crippen molar-refractivity contribution in [1.29, 1.82) is 0 Å². The Morgan fingerprint density at radius 1 is 1.30 bits per heavy atom. The zero-order valence-corrected chi connectivity index (χ0v) is 16.7. The van der Waals surface area contributed by atoms with Crippen LogP contribution in [0.2, 0.25) is 5.02 Å². The summed E-state index contributed by atoms with van der Waals surface area (Å²) in [6.07, 6.45) is 7.74. The van der Waals surface area contributed by atoms with Crippen molar-refractivity contribution in [2.24, 2.45) is 5.92 Å². The van der Waals surface area contributed by atoms with Gasteiger partial charge in [0.25, 0.3) is 0 Å². The highest BCUT2D eigenvalue weighted by Gasteiger charge is 2.21. The number of likely N-dealkylation sites (tertiary alicyclic amines) is 1. The first-order valence-corrected chi connectivity index (χ1v) is 10.1. The average Bonchev–Trinajstić information content (AvgIpc) is 2.68. The Labute approximate surface area is 166 Å². The van der Waals surface area contributed by atoms with E-state index in [0.29, 0.717) is 23.9 Å². The van der Waals surface area contributed by atoms with Gasteiger partial charge in [0.15, 0.2) is 0 Å². The van der Waals surface area contributed by atoms with Gasteiger partial charge in [0, 0.05) is 43.5 Å². The summed E-state index contributed by atoms with van der Waals surface area (Å²) in [7, 11) is 0. The lowest BCUT2D eigenvalue weighted by Gasteiger charge is -2.33. The lowest BCUT2D eigenvalue weighted by Crippen LogP contribution is -2.35. The minimum Gasteiger partial charge on any atom is -0.352 e. The minimum absolute atomic E-state index is 0.108. The van der Waals surface area contributed by atoms with Crippen molar-refractivity contribution in [3.05, 3.63) is 64.4 Å². The van der Waals surface area contributed by atoms with Gasteiger partial charge < -0.3 is 5.32 Å². The molecule has 0 aliphatic carbocycles. The van der Waals surface area contributed by atoms with E-state index in [-0.39, 0.29) is 5.91 Å². The van der Waals surface area contributed by atoms with E-state index in [1.54, 1.807) is 0 Å². The number of carbonyl (C=O) groups is 1. The number of aryl methyl sites for hydroxylation is 1. The van der Waals surface area contributed by atoms with Crippen molar-refractivity contribution < 1.29 is 4.79 Å². The third kappa shape index (κ3) is 6.05. The van der Waals surface area contributed by atoms with Crippen LogP contribution in [-0.4, -0.2) is 28.9 Å². The van der Waals surface area contributed by atoms with E-state index in [4.69, 9.17) is 11.6 Å². The fraction of sp³-hybridized carbons (Fsp3) is 0.455. The van der Waals surface area contributed by atoms with E-state index in [1.807, 2.05) is 36.7 Å². The summed E-state index contributed by atoms with van der Waals surface area (Å²) in [5, 5.41) is 3.69. The van der Waals surface area contributed by atoms with Crippen LogP contribution < -0.4 is 5.32 Å². The highest BCUT2D eigenvalue weighted by Crippen LogP contribution is 2.23. The Kier molecular flexibility index (Phi) is 7.25. The zero-order chi connectivity index (χ0) is 19.1. The van der Waals surface area contributed by atoms with Gasteiger partial charge in [-0.2, -0.15) is 0 Å². The number of benzene rings is 1. The Balaban J connectivity index is 1.42. The number of aromatic nitrogens is 1. The summed E-state index contributed by atoms with van der Waals surface area (Å²) < 4.78 is 0. The maximum absolute atomic E-state index is 12.2. The lowest BCUT2D eigenvalue weighted by atomic mass is 9.93. The number of amides is 1. The van der Waals surface area contributed by atoms with Crippen LogP contribution in [0.4, 0.5) is 0 Å². The van der Waals surface area contributed by atoms with E-state index in [2.05, 4.69) is 28.2 Å². The number of pyridine rings is 1. The summed E-state index contributed by atoms with van der Waals surface area (Å²) in [6, 6.07) is 9.75. The summed E-state index contributed by atoms with van der Waals surface area (Å²) in [5.74, 6) is 0.698. The molecule has 1 aliphatic heterocycles. The Morgan fingerprint density at radius 3 is 2.96 bits per heavy atom. The fourth-order valence-electron chi connectivity index (χ4n) is 3.71. The molecule has 1 unspecified atom stereocenters. The first kappa shape index (κ1) is 19.8. The molecule has 1 amide bonds. The molecule has 0 radical (unpaired) electrons. The molecule has 1 N–H and O–H groups in total. The second kappa shape index (κ2) is 9.86. The normalized spacial score (nSPS) is 17.6. The van der Waals surface area contributed by atoms with Gasteiger partial charge in [0.2, 0.25) is 5.91 Å². The number of piperidine rings is 1. The molecule has 1 aromatic carbocycles. The fourth-order valence-corrected chi connectivity index (χ4v) is 3.91. The summed E-state index contributed by atoms with van der Waals surface area (Å²) in [5.41, 5.74) is 3.56. The number of carbonyl (C=O) groups excluding carboxylic acids is 1. The number of hydrogen-bond acceptors (Lipinski definition) is 3. The molecule has 1 aromatic heterocycles. The van der Waals surface area contributed by atoms with Crippen LogP contribution >= 0.6 is 11.6 Å². The first-order chi connectivity index (χ1) is 13.1. The molecule has 2 aromatic rings. The monoisotopic (exact) mass is 385 g/mol. The van der Waals surface area contributed by atoms with Crippen molar-refractivity contribution >= 4 is 17.5 Å². The molecule has 1 atom stereocenters. The van der Waals surface area contributed by atoms with Gasteiger partial charge in [-0.1, -0.05) is 29.8 Å². The lowest BCUT2D eigenvalue weighted by molar-refractivity contribution is -0.121. The molecule has 2 heterocycles. The standard InChI is InChI=1S/C22H28ClN3O/c1-17-13-24-11-10-20(17)16-26-12-4-5-18(15-26)8-9-22(27)25-14-19-6-2-3-7-21(19)23/h2-3,6-7,10-11,13,18H,4-5,8-9,12,14-16H2,1H3,(H,25,27). The minimum atomic E-state index is 0.108. The third-order valence-electron chi connectivity index (χ3n) is 5.35. The predicted molar refractivity (Wildman–Crippen MR) is 110 cm³/mol. The van der Waals surface area contributed by atoms with Crippen molar-refractivity contribution in [3.63, 3.8) is 0 Å². The Bertz CT molecular complexity index is 765. The Morgan fingerprint density at radius 2 is 2.15 bits per heavy atom. The molecule has 4 nitrogen and oxygen atoms in total. The van der Waals surface area contributed by atoms with Gasteiger partial charge in [0.1, 0.15) is 0 Å². The van der Waals surface area contributed by atoms with E-state index in [0.717, 1.165) is 31.6 Å². The molecule has 0 bridgehead atoms. The van der Waals surface area contributed by atoms with Crippen LogP contribution in [0.5, 0.6) is 0 Å². The summed E-state index contributed by atoms with van der Waals surface area (Å²) in [4.78, 5) is 18.9. The van der Waals surface area contributed by atoms with Crippen LogP contribution in [0, 0.1) is 12.8 Å². The maximum atomic E-state index is 12.2. The second-order valence-corrected chi connectivity index (χ2v) is 7.86. The quantitative estimate of drug-likeness (QED) is 0.770. The number of rotatable bonds is 7. The van der Waals surface area contributed by atoms with Crippen LogP contribution in [0.25, 0.3) is 0 Å². The van der Waals surface area contributed by atoms with Gasteiger partial charge in [-0.15, -0.1) is 0 Å². The van der Waals surface area contributed by atoms with Gasteiger partial charge in [-0.25, -0.2) is 0 Å². The Hall–Kier alpha value is -1.91. The highest BCUT2D eigenvalue weighted by atomic mass is 35.5. The third-order valence-corrected chi connectivity index (χ3v) is 5.72. The maximum Gasteiger partial charge on any atom is 0.220 e. The van der Waals surface area contributed by atoms with Crippen molar-refractivity contribution in [1.82, 2.24) is 15.2 Å². The molecule has 3 rings (SSSR count). The van der Waals surface area contributed by atoms with Crippen LogP contribution in [0.15, 0.2) is 42.7 Å². The number of nitrogens with zero attached hydrogens (tertiary/aromatic N) is 2. The van der Waals surface area contributed by atoms with E-state index in [1.165, 1.54) is 24.0 Å². The topological polar surface area (TPSA) is 45.2 Å². The van der Waals surface area contributed by atoms with Crippen LogP contribution in [0.1, 0.15) is 42.4 Å². The smallest absolute Gasteiger partial charge is 0.220 e. The van der Waals surface area contributed by atoms with Crippen molar-refractivity contribution in [3.8, 4) is 0 Å². The second-order valence-electron chi connectivity index (χ2n) is 7.45. The van der Waals surface area contributed by atoms with Crippen molar-refractivity contribution in [2.75, 3.05) is 13.1 Å². The molecule has 144 valence electrons. The molecule has 1 aliphatic rings. The number of halogens is 1. The zero-order valence-electron chi connectivity index (χ0n) is 16.0. The van der Waals surface area contributed by atoms with E-state index < -0.39 is 0 Å². The van der Waals surface area contributed by atoms with Gasteiger partial charge in [0.05, 0.1) is 0 Å². The largest absolute Gasteiger partial charge is 0.352 e. The predicted octanol–water partition coefficient (Wildman–Crippen LogP) is 4.35. The summed E-state index contributed by atoms with van der Waals surface area (Å²) in [6.45, 7) is 5.80. The SMILES string of the molecule is Cc1cnccc1CN1CCCC(CCC(=O)NCc2ccccc2Cl)C1. The number of hydrogen-bond donors (Lipinski definition) is 1. The molecule has 0 spiro atoms. The molecule has 0 saturated carbocycles. The molecule has 1 fully saturated rings. The van der Waals surface area contributed by atoms with Gasteiger partial charge >= 0.3 is 0 Å². The van der Waals surface area contributed by atoms with E-state index >= 15 is 0 Å². The molecule has 1 saturated heterocycles. The van der Waals surface area contributed by atoms with Crippen molar-refractivity contribution in [2.45, 2.75) is 45.7 Å². The summed E-state index contributed by atoms with van der Waals surface area (Å²) >= 11 is 6.14. The average molecular weight is 386 g/mol. The molecule has 27 heavy (non-hydrogen) atoms. The van der Waals surface area contributed by atoms with E-state index in [9.17, 15) is 4.79 Å². The van der Waals surface area contributed by atoms with Gasteiger partial charge in [-0.3, -0.25) is 14.7 Å². The molecular formula is C22H28ClN3O. The van der Waals surface area contributed by atoms with Crippen LogP contribution in [-0.2, 0) is 17.9 Å². The molecule has 5 heteroatoms. The highest BCUT2D eigenvalue weighted by molar-refractivity contribution is 6.31. The van der Waals surface area contributed by atoms with Crippen LogP contribution in [0.3, 0.4) is 0 Å². The van der Waals surface area contributed by atoms with Gasteiger partial charge in [-0.05, 0) is 67.5 Å². The number of nitrogens with one attached hydrogen (secondary N) is 1. The molecular weight excluding hydrogens is 358 g/mol. The first-order valence-electron chi connectivity index (χ1n) is 9.74.